The number of imidazole rings is 1. The molecule has 1 aromatic heterocycles. The van der Waals surface area contributed by atoms with Gasteiger partial charge >= 0.3 is 0 Å². The molecule has 0 aliphatic rings. The first kappa shape index (κ1) is 10.0. The van der Waals surface area contributed by atoms with Gasteiger partial charge in [0.1, 0.15) is 5.82 Å². The molecule has 0 radical (unpaired) electrons. The molecule has 0 aliphatic heterocycles. The minimum atomic E-state index is 0. The van der Waals surface area contributed by atoms with Gasteiger partial charge in [0.25, 0.3) is 0 Å². The van der Waals surface area contributed by atoms with Crippen LogP contribution in [0.3, 0.4) is 0 Å². The van der Waals surface area contributed by atoms with E-state index in [1.165, 1.54) is 0 Å². The fraction of sp³-hybridized carbons (Fsp3) is 0.500. The number of hydrogen-bond donors (Lipinski definition) is 2. The minimum Gasteiger partial charge on any atom is -0.349 e. The Labute approximate surface area is 76.6 Å². The van der Waals surface area contributed by atoms with Crippen LogP contribution in [-0.2, 0) is 6.42 Å². The Bertz CT molecular complexity index is 153. The molecular weight excluding hydrogens is 212 g/mol. The van der Waals surface area contributed by atoms with Gasteiger partial charge in [-0.15, -0.1) is 17.0 Å². The van der Waals surface area contributed by atoms with E-state index in [0.717, 1.165) is 24.4 Å². The average Bonchev–Trinajstić information content (AvgIpc) is 2.34. The van der Waals surface area contributed by atoms with Crippen LogP contribution in [0, 0.1) is 0 Å². The van der Waals surface area contributed by atoms with E-state index in [1.807, 2.05) is 6.20 Å². The van der Waals surface area contributed by atoms with Crippen LogP contribution in [0.1, 0.15) is 12.2 Å². The van der Waals surface area contributed by atoms with Crippen molar-refractivity contribution in [2.45, 2.75) is 12.8 Å². The van der Waals surface area contributed by atoms with Crippen LogP contribution in [-0.4, -0.2) is 15.7 Å². The van der Waals surface area contributed by atoms with Crippen LogP contribution in [0.25, 0.3) is 0 Å². The maximum absolute atomic E-state index is 4.09. The van der Waals surface area contributed by atoms with Gasteiger partial charge in [-0.3, -0.25) is 0 Å². The third-order valence-corrected chi connectivity index (χ3v) is 1.44. The van der Waals surface area contributed by atoms with Crippen LogP contribution in [0.2, 0.25) is 0 Å². The number of rotatable bonds is 3. The molecule has 1 rings (SSSR count). The van der Waals surface area contributed by atoms with Gasteiger partial charge < -0.3 is 4.98 Å². The van der Waals surface area contributed by atoms with E-state index in [4.69, 9.17) is 0 Å². The summed E-state index contributed by atoms with van der Waals surface area (Å²) in [5.74, 6) is 1.99. The molecule has 0 bridgehead atoms. The second-order valence-corrected chi connectivity index (χ2v) is 2.31. The van der Waals surface area contributed by atoms with E-state index >= 15 is 0 Å². The van der Waals surface area contributed by atoms with Crippen LogP contribution in [0.5, 0.6) is 0 Å². The molecule has 10 heavy (non-hydrogen) atoms. The molecule has 0 spiro atoms. The lowest BCUT2D eigenvalue weighted by Gasteiger charge is -1.89. The van der Waals surface area contributed by atoms with E-state index < -0.39 is 0 Å². The van der Waals surface area contributed by atoms with Gasteiger partial charge in [0.2, 0.25) is 0 Å². The van der Waals surface area contributed by atoms with Crippen LogP contribution in [0.4, 0.5) is 0 Å². The molecule has 2 nitrogen and oxygen atoms in total. The summed E-state index contributed by atoms with van der Waals surface area (Å²) in [5, 5.41) is 0. The fourth-order valence-corrected chi connectivity index (χ4v) is 0.839. The van der Waals surface area contributed by atoms with Crippen molar-refractivity contribution in [1.29, 1.82) is 0 Å². The number of aromatic nitrogens is 2. The second kappa shape index (κ2) is 5.80. The van der Waals surface area contributed by atoms with Crippen LogP contribution >= 0.6 is 29.6 Å². The quantitative estimate of drug-likeness (QED) is 0.752. The minimum absolute atomic E-state index is 0. The van der Waals surface area contributed by atoms with Crippen molar-refractivity contribution in [3.8, 4) is 0 Å². The summed E-state index contributed by atoms with van der Waals surface area (Å²) < 4.78 is 0. The number of aromatic amines is 1. The van der Waals surface area contributed by atoms with Gasteiger partial charge in [0.05, 0.1) is 0 Å². The molecule has 1 heterocycles. The molecule has 0 fully saturated rings. The van der Waals surface area contributed by atoms with E-state index in [1.54, 1.807) is 6.20 Å². The number of H-pyrrole nitrogens is 1. The van der Waals surface area contributed by atoms with Crippen molar-refractivity contribution in [3.05, 3.63) is 18.2 Å². The zero-order chi connectivity index (χ0) is 6.53. The number of halogens is 1. The van der Waals surface area contributed by atoms with Gasteiger partial charge in [0, 0.05) is 18.8 Å². The summed E-state index contributed by atoms with van der Waals surface area (Å²) in [6.07, 6.45) is 5.72. The molecule has 0 amide bonds. The predicted octanol–water partition coefficient (Wildman–Crippen LogP) is 1.85. The Morgan fingerprint density at radius 1 is 1.60 bits per heavy atom. The smallest absolute Gasteiger partial charge is 0.106 e. The van der Waals surface area contributed by atoms with Crippen molar-refractivity contribution in [3.63, 3.8) is 0 Å². The molecule has 0 aromatic carbocycles. The zero-order valence-corrected chi connectivity index (χ0v) is 8.19. The Morgan fingerprint density at radius 3 is 2.90 bits per heavy atom. The van der Waals surface area contributed by atoms with Crippen molar-refractivity contribution < 1.29 is 0 Å². The average molecular weight is 223 g/mol. The van der Waals surface area contributed by atoms with E-state index in [0.29, 0.717) is 0 Å². The monoisotopic (exact) mass is 222 g/mol. The first-order chi connectivity index (χ1) is 4.43. The number of thiol groups is 1. The molecule has 58 valence electrons. The Hall–Kier alpha value is 0.0400. The third-order valence-electron chi connectivity index (χ3n) is 1.13. The van der Waals surface area contributed by atoms with Gasteiger partial charge in [0.15, 0.2) is 0 Å². The predicted molar refractivity (Wildman–Crippen MR) is 51.1 cm³/mol. The zero-order valence-electron chi connectivity index (χ0n) is 5.58. The summed E-state index contributed by atoms with van der Waals surface area (Å²) in [4.78, 5) is 7.09. The highest BCUT2D eigenvalue weighted by Crippen LogP contribution is 1.94. The highest BCUT2D eigenvalue weighted by Gasteiger charge is 1.90. The summed E-state index contributed by atoms with van der Waals surface area (Å²) in [6.45, 7) is 0. The molecule has 0 saturated carbocycles. The lowest BCUT2D eigenvalue weighted by molar-refractivity contribution is 0.867. The molecular formula is C6H11BrN2S. The summed E-state index contributed by atoms with van der Waals surface area (Å²) in [7, 11) is 0. The van der Waals surface area contributed by atoms with Crippen molar-refractivity contribution in [2.75, 3.05) is 5.75 Å². The highest BCUT2D eigenvalue weighted by molar-refractivity contribution is 8.93. The van der Waals surface area contributed by atoms with E-state index in [2.05, 4.69) is 22.6 Å². The summed E-state index contributed by atoms with van der Waals surface area (Å²) in [6, 6.07) is 0. The number of nitrogens with one attached hydrogen (secondary N) is 1. The Balaban J connectivity index is 0.000000810. The number of hydrogen-bond acceptors (Lipinski definition) is 2. The number of aryl methyl sites for hydroxylation is 1. The van der Waals surface area contributed by atoms with Crippen LogP contribution < -0.4 is 0 Å². The number of nitrogens with zero attached hydrogens (tertiary/aromatic N) is 1. The molecule has 0 aliphatic carbocycles. The van der Waals surface area contributed by atoms with E-state index in [-0.39, 0.29) is 17.0 Å². The van der Waals surface area contributed by atoms with E-state index in [9.17, 15) is 0 Å². The Morgan fingerprint density at radius 2 is 2.40 bits per heavy atom. The van der Waals surface area contributed by atoms with Gasteiger partial charge in [-0.1, -0.05) is 0 Å². The summed E-state index contributed by atoms with van der Waals surface area (Å²) >= 11 is 4.09. The van der Waals surface area contributed by atoms with Crippen molar-refractivity contribution in [1.82, 2.24) is 9.97 Å². The molecule has 4 heteroatoms. The Kier molecular flexibility index (Phi) is 5.82. The lowest BCUT2D eigenvalue weighted by Crippen LogP contribution is -1.87. The first-order valence-electron chi connectivity index (χ1n) is 3.02. The van der Waals surface area contributed by atoms with Gasteiger partial charge in [-0.25, -0.2) is 4.98 Å². The summed E-state index contributed by atoms with van der Waals surface area (Å²) in [5.41, 5.74) is 0. The van der Waals surface area contributed by atoms with Crippen molar-refractivity contribution in [2.24, 2.45) is 0 Å². The van der Waals surface area contributed by atoms with Gasteiger partial charge in [-0.05, 0) is 12.2 Å². The molecule has 0 unspecified atom stereocenters. The fourth-order valence-electron chi connectivity index (χ4n) is 0.681. The standard InChI is InChI=1S/C6H10N2S.BrH/c9-5-1-2-6-7-3-4-8-6;/h3-4,9H,1-2,5H2,(H,7,8);1H. The molecule has 0 atom stereocenters. The molecule has 1 N–H and O–H groups in total. The van der Waals surface area contributed by atoms with Gasteiger partial charge in [-0.2, -0.15) is 12.6 Å². The van der Waals surface area contributed by atoms with Crippen molar-refractivity contribution >= 4 is 29.6 Å². The topological polar surface area (TPSA) is 28.7 Å². The first-order valence-corrected chi connectivity index (χ1v) is 3.66. The largest absolute Gasteiger partial charge is 0.349 e. The second-order valence-electron chi connectivity index (χ2n) is 1.86. The maximum Gasteiger partial charge on any atom is 0.106 e. The van der Waals surface area contributed by atoms with Crippen LogP contribution in [0.15, 0.2) is 12.4 Å². The molecule has 1 aromatic rings. The SMILES string of the molecule is Br.SCCCc1ncc[nH]1. The molecule has 0 saturated heterocycles. The third kappa shape index (κ3) is 3.27. The maximum atomic E-state index is 4.09. The highest BCUT2D eigenvalue weighted by atomic mass is 79.9. The lowest BCUT2D eigenvalue weighted by atomic mass is 10.3. The normalized spacial score (nSPS) is 8.90.